The molecular formula is C13H8N2. The Labute approximate surface area is 86.4 Å². The molecule has 0 fully saturated rings. The van der Waals surface area contributed by atoms with Crippen molar-refractivity contribution in [3.05, 3.63) is 68.7 Å². The van der Waals surface area contributed by atoms with Crippen molar-refractivity contribution in [3.63, 3.8) is 0 Å². The van der Waals surface area contributed by atoms with Gasteiger partial charge in [-0.05, 0) is 21.7 Å². The van der Waals surface area contributed by atoms with E-state index < -0.39 is 0 Å². The molecule has 3 rings (SSSR count). The molecule has 0 heterocycles. The highest BCUT2D eigenvalue weighted by Gasteiger charge is 2.08. The number of hydrogen-bond acceptors (Lipinski definition) is 1. The zero-order valence-electron chi connectivity index (χ0n) is 7.99. The molecule has 2 heteroatoms. The van der Waals surface area contributed by atoms with Crippen LogP contribution in [0.5, 0.6) is 0 Å². The third kappa shape index (κ3) is 0.870. The van der Waals surface area contributed by atoms with Gasteiger partial charge in [-0.3, -0.25) is 0 Å². The first-order chi connectivity index (χ1) is 7.33. The van der Waals surface area contributed by atoms with Gasteiger partial charge in [-0.1, -0.05) is 30.3 Å². The Bertz CT molecular complexity index is 783. The van der Waals surface area contributed by atoms with Crippen LogP contribution in [0.4, 0.5) is 11.4 Å². The molecule has 0 aliphatic heterocycles. The van der Waals surface area contributed by atoms with E-state index in [1.54, 1.807) is 6.07 Å². The standard InChI is InChI=1S/C13H8N2/c1-15-11-7-6-10(14)12-8-4-2-3-5-9(8)13(11)12/h2-7H,14H2. The lowest BCUT2D eigenvalue weighted by atomic mass is 9.99. The molecule has 0 aromatic heterocycles. The van der Waals surface area contributed by atoms with E-state index in [1.807, 2.05) is 30.3 Å². The lowest BCUT2D eigenvalue weighted by molar-refractivity contribution is 1.30. The van der Waals surface area contributed by atoms with E-state index in [2.05, 4.69) is 4.85 Å². The van der Waals surface area contributed by atoms with E-state index in [1.165, 1.54) is 0 Å². The van der Waals surface area contributed by atoms with E-state index in [9.17, 15) is 0 Å². The van der Waals surface area contributed by atoms with Crippen LogP contribution in [-0.2, 0) is 0 Å². The average Bonchev–Trinajstić information content (AvgIpc) is 2.25. The number of anilines is 1. The van der Waals surface area contributed by atoms with Crippen LogP contribution in [0.3, 0.4) is 0 Å². The Morgan fingerprint density at radius 3 is 2.27 bits per heavy atom. The maximum absolute atomic E-state index is 7.11. The van der Waals surface area contributed by atoms with E-state index in [0.717, 1.165) is 26.6 Å². The van der Waals surface area contributed by atoms with Gasteiger partial charge in [0.15, 0.2) is 5.69 Å². The van der Waals surface area contributed by atoms with Crippen LogP contribution in [0.1, 0.15) is 0 Å². The molecule has 2 aromatic rings. The summed E-state index contributed by atoms with van der Waals surface area (Å²) in [5.74, 6) is 0. The summed E-state index contributed by atoms with van der Waals surface area (Å²) in [6.07, 6.45) is 0. The molecule has 1 aliphatic carbocycles. The Morgan fingerprint density at radius 2 is 1.60 bits per heavy atom. The van der Waals surface area contributed by atoms with Crippen molar-refractivity contribution in [2.45, 2.75) is 0 Å². The van der Waals surface area contributed by atoms with Gasteiger partial charge in [0.05, 0.1) is 6.57 Å². The number of nitrogens with zero attached hydrogens (tertiary/aromatic N) is 1. The van der Waals surface area contributed by atoms with Gasteiger partial charge in [0, 0.05) is 10.9 Å². The molecule has 2 aromatic carbocycles. The van der Waals surface area contributed by atoms with Crippen LogP contribution >= 0.6 is 0 Å². The Balaban J connectivity index is 2.71. The van der Waals surface area contributed by atoms with Crippen LogP contribution in [0.2, 0.25) is 0 Å². The molecule has 0 saturated carbocycles. The normalized spacial score (nSPS) is 10.9. The average molecular weight is 192 g/mol. The molecule has 0 unspecified atom stereocenters. The van der Waals surface area contributed by atoms with Gasteiger partial charge in [0.1, 0.15) is 0 Å². The zero-order valence-corrected chi connectivity index (χ0v) is 7.99. The fourth-order valence-corrected chi connectivity index (χ4v) is 2.12. The van der Waals surface area contributed by atoms with E-state index in [0.29, 0.717) is 5.69 Å². The fraction of sp³-hybridized carbons (Fsp3) is 0. The molecule has 0 spiro atoms. The molecule has 0 bridgehead atoms. The molecule has 0 radical (unpaired) electrons. The summed E-state index contributed by atoms with van der Waals surface area (Å²) in [7, 11) is 0. The van der Waals surface area contributed by atoms with Crippen molar-refractivity contribution in [1.29, 1.82) is 0 Å². The summed E-state index contributed by atoms with van der Waals surface area (Å²) >= 11 is 0. The maximum Gasteiger partial charge on any atom is 0.195 e. The molecule has 70 valence electrons. The van der Waals surface area contributed by atoms with Crippen LogP contribution in [0, 0.1) is 27.4 Å². The summed E-state index contributed by atoms with van der Waals surface area (Å²) in [5.41, 5.74) is 7.36. The minimum absolute atomic E-state index is 0.693. The predicted molar refractivity (Wildman–Crippen MR) is 58.9 cm³/mol. The highest BCUT2D eigenvalue weighted by atomic mass is 14.7. The number of hydrogen-bond donors (Lipinski definition) is 1. The predicted octanol–water partition coefficient (Wildman–Crippen LogP) is 2.71. The van der Waals surface area contributed by atoms with Gasteiger partial charge >= 0.3 is 0 Å². The second-order valence-corrected chi connectivity index (χ2v) is 3.58. The number of nitrogen functional groups attached to an aromatic ring is 1. The van der Waals surface area contributed by atoms with Crippen molar-refractivity contribution in [1.82, 2.24) is 0 Å². The first-order valence-electron chi connectivity index (χ1n) is 4.72. The summed E-state index contributed by atoms with van der Waals surface area (Å²) in [5, 5.41) is 4.36. The Hall–Kier alpha value is -2.27. The molecule has 2 nitrogen and oxygen atoms in total. The van der Waals surface area contributed by atoms with Crippen molar-refractivity contribution in [2.24, 2.45) is 0 Å². The van der Waals surface area contributed by atoms with Gasteiger partial charge in [-0.2, -0.15) is 0 Å². The van der Waals surface area contributed by atoms with Crippen molar-refractivity contribution in [2.75, 3.05) is 5.73 Å². The maximum atomic E-state index is 7.11. The van der Waals surface area contributed by atoms with Crippen LogP contribution in [0.25, 0.3) is 4.85 Å². The van der Waals surface area contributed by atoms with E-state index in [4.69, 9.17) is 12.3 Å². The minimum Gasteiger partial charge on any atom is -0.398 e. The number of fused-ring (bicyclic) bond motifs is 2. The van der Waals surface area contributed by atoms with Crippen molar-refractivity contribution in [3.8, 4) is 0 Å². The van der Waals surface area contributed by atoms with E-state index >= 15 is 0 Å². The lowest BCUT2D eigenvalue weighted by Crippen LogP contribution is -1.97. The van der Waals surface area contributed by atoms with Crippen LogP contribution in [-0.4, -0.2) is 0 Å². The van der Waals surface area contributed by atoms with Gasteiger partial charge < -0.3 is 5.73 Å². The molecule has 0 atom stereocenters. The molecule has 1 aliphatic rings. The summed E-state index contributed by atoms with van der Waals surface area (Å²) < 4.78 is 0. The number of rotatable bonds is 0. The fourth-order valence-electron chi connectivity index (χ4n) is 2.12. The molecular weight excluding hydrogens is 184 g/mol. The zero-order chi connectivity index (χ0) is 10.4. The summed E-state index contributed by atoms with van der Waals surface area (Å²) in [6.45, 7) is 7.11. The van der Waals surface area contributed by atoms with Gasteiger partial charge in [-0.25, -0.2) is 4.85 Å². The van der Waals surface area contributed by atoms with Crippen LogP contribution < -0.4 is 5.73 Å². The van der Waals surface area contributed by atoms with Crippen LogP contribution in [0.15, 0.2) is 36.4 Å². The second-order valence-electron chi connectivity index (χ2n) is 3.58. The second kappa shape index (κ2) is 2.61. The van der Waals surface area contributed by atoms with Crippen molar-refractivity contribution < 1.29 is 0 Å². The topological polar surface area (TPSA) is 30.4 Å². The number of benzene rings is 2. The minimum atomic E-state index is 0.693. The summed E-state index contributed by atoms with van der Waals surface area (Å²) in [4.78, 5) is 3.52. The Morgan fingerprint density at radius 1 is 0.933 bits per heavy atom. The van der Waals surface area contributed by atoms with Gasteiger partial charge in [0.25, 0.3) is 0 Å². The van der Waals surface area contributed by atoms with Gasteiger partial charge in [-0.15, -0.1) is 0 Å². The monoisotopic (exact) mass is 192 g/mol. The quantitative estimate of drug-likeness (QED) is 0.431. The smallest absolute Gasteiger partial charge is 0.195 e. The largest absolute Gasteiger partial charge is 0.398 e. The highest BCUT2D eigenvalue weighted by Crippen LogP contribution is 2.26. The summed E-state index contributed by atoms with van der Waals surface area (Å²) in [6, 6.07) is 11.7. The van der Waals surface area contributed by atoms with Crippen molar-refractivity contribution >= 4 is 11.4 Å². The highest BCUT2D eigenvalue weighted by molar-refractivity contribution is 5.59. The van der Waals surface area contributed by atoms with Gasteiger partial charge in [0.2, 0.25) is 0 Å². The SMILES string of the molecule is [C-]#[N+]c1ccc(N)c2c1=c1ccccc1=2. The lowest BCUT2D eigenvalue weighted by Gasteiger charge is -2.08. The molecule has 0 saturated heterocycles. The third-order valence-corrected chi connectivity index (χ3v) is 2.80. The molecule has 2 N–H and O–H groups in total. The number of nitrogens with two attached hydrogens (primary N) is 1. The molecule has 0 amide bonds. The first-order valence-corrected chi connectivity index (χ1v) is 4.72. The third-order valence-electron chi connectivity index (χ3n) is 2.80. The molecule has 15 heavy (non-hydrogen) atoms. The van der Waals surface area contributed by atoms with E-state index in [-0.39, 0.29) is 0 Å². The Kier molecular flexibility index (Phi) is 1.41. The first kappa shape index (κ1) is 8.07.